The van der Waals surface area contributed by atoms with Gasteiger partial charge >= 0.3 is 6.01 Å². The van der Waals surface area contributed by atoms with Crippen molar-refractivity contribution in [2.75, 3.05) is 24.4 Å². The van der Waals surface area contributed by atoms with Gasteiger partial charge in [-0.3, -0.25) is 14.5 Å². The first-order valence-electron chi connectivity index (χ1n) is 12.3. The number of hydrogen-bond donors (Lipinski definition) is 1. The molecule has 0 saturated carbocycles. The lowest BCUT2D eigenvalue weighted by atomic mass is 9.81. The highest BCUT2D eigenvalue weighted by molar-refractivity contribution is 6.32. The zero-order chi connectivity index (χ0) is 28.5. The quantitative estimate of drug-likeness (QED) is 0.324. The Morgan fingerprint density at radius 3 is 2.45 bits per heavy atom. The summed E-state index contributed by atoms with van der Waals surface area (Å²) in [7, 11) is 2.89. The average molecular weight is 582 g/mol. The van der Waals surface area contributed by atoms with Gasteiger partial charge in [-0.25, -0.2) is 9.37 Å². The second-order valence-corrected chi connectivity index (χ2v) is 10.5. The van der Waals surface area contributed by atoms with E-state index < -0.39 is 23.2 Å². The molecule has 6 rings (SSSR count). The van der Waals surface area contributed by atoms with Gasteiger partial charge < -0.3 is 19.4 Å². The number of hydrogen-bond acceptors (Lipinski definition) is 6. The van der Waals surface area contributed by atoms with Gasteiger partial charge in [0.15, 0.2) is 5.54 Å². The van der Waals surface area contributed by atoms with E-state index in [9.17, 15) is 9.59 Å². The summed E-state index contributed by atoms with van der Waals surface area (Å²) in [6.07, 6.45) is 3.12. The molecule has 0 aliphatic carbocycles. The lowest BCUT2D eigenvalue weighted by Crippen LogP contribution is -2.51. The summed E-state index contributed by atoms with van der Waals surface area (Å²) >= 11 is 12.5. The Balaban J connectivity index is 1.73. The van der Waals surface area contributed by atoms with Crippen molar-refractivity contribution in [1.82, 2.24) is 14.5 Å². The van der Waals surface area contributed by atoms with Crippen LogP contribution in [0.4, 0.5) is 15.8 Å². The summed E-state index contributed by atoms with van der Waals surface area (Å²) in [6.45, 7) is 3.86. The summed E-state index contributed by atoms with van der Waals surface area (Å²) in [5.74, 6) is -1.85. The smallest absolute Gasteiger partial charge is 0.319 e. The minimum atomic E-state index is -1.76. The van der Waals surface area contributed by atoms with Crippen LogP contribution in [0.15, 0.2) is 48.8 Å². The molecular weight excluding hydrogens is 560 g/mol. The topological polar surface area (TPSA) is 98.6 Å². The molecule has 40 heavy (non-hydrogen) atoms. The fourth-order valence-electron chi connectivity index (χ4n) is 5.66. The summed E-state index contributed by atoms with van der Waals surface area (Å²) in [4.78, 5) is 38.2. The van der Waals surface area contributed by atoms with Crippen LogP contribution in [0.5, 0.6) is 11.9 Å². The molecule has 0 radical (unpaired) electrons. The molecule has 2 amide bonds. The molecule has 1 N–H and O–H groups in total. The number of halogens is 3. The first-order chi connectivity index (χ1) is 19.1. The Hall–Kier alpha value is -4.15. The van der Waals surface area contributed by atoms with Crippen molar-refractivity contribution in [3.63, 3.8) is 0 Å². The fraction of sp³-hybridized carbons (Fsp3) is 0.214. The van der Waals surface area contributed by atoms with E-state index in [0.29, 0.717) is 33.2 Å². The van der Waals surface area contributed by atoms with E-state index in [2.05, 4.69) is 15.3 Å². The number of nitrogens with zero attached hydrogens (tertiary/aromatic N) is 4. The maximum atomic E-state index is 15.4. The molecule has 1 atom stereocenters. The van der Waals surface area contributed by atoms with E-state index in [0.717, 1.165) is 0 Å². The van der Waals surface area contributed by atoms with Gasteiger partial charge in [0.2, 0.25) is 5.88 Å². The second-order valence-electron chi connectivity index (χ2n) is 9.67. The lowest BCUT2D eigenvalue weighted by molar-refractivity contribution is -0.119. The van der Waals surface area contributed by atoms with E-state index >= 15 is 4.39 Å². The number of benzene rings is 2. The van der Waals surface area contributed by atoms with Crippen LogP contribution in [0, 0.1) is 5.82 Å². The highest BCUT2D eigenvalue weighted by atomic mass is 35.5. The summed E-state index contributed by atoms with van der Waals surface area (Å²) < 4.78 is 27.9. The molecule has 204 valence electrons. The molecule has 9 nitrogen and oxygen atoms in total. The van der Waals surface area contributed by atoms with Gasteiger partial charge in [0.25, 0.3) is 11.8 Å². The van der Waals surface area contributed by atoms with Gasteiger partial charge in [-0.2, -0.15) is 4.98 Å². The van der Waals surface area contributed by atoms with Crippen LogP contribution in [-0.4, -0.2) is 40.6 Å². The predicted octanol–water partition coefficient (Wildman–Crippen LogP) is 5.71. The third-order valence-corrected chi connectivity index (χ3v) is 7.64. The molecule has 1 spiro atoms. The van der Waals surface area contributed by atoms with Crippen LogP contribution < -0.4 is 19.7 Å². The number of aromatic nitrogens is 3. The van der Waals surface area contributed by atoms with Gasteiger partial charge in [-0.15, -0.1) is 0 Å². The summed E-state index contributed by atoms with van der Waals surface area (Å²) in [6, 6.07) is 8.89. The largest absolute Gasteiger partial charge is 0.479 e. The van der Waals surface area contributed by atoms with Crippen molar-refractivity contribution in [3.05, 3.63) is 87.0 Å². The van der Waals surface area contributed by atoms with Crippen molar-refractivity contribution >= 4 is 46.4 Å². The standard InChI is InChI=1S/C28H22Cl2FN5O4/c1-13(2)23-22-16(12-35(23)21-11-32-27(40-4)34-24(21)39-3)25(37)36(20-10-15(30)6-8-18(20)31)28(22)17-7-5-14(29)9-19(17)33-26(28)38/h5-13H,1-4H3,(H,33,38)/t28-/m0/s1. The first kappa shape index (κ1) is 26.1. The van der Waals surface area contributed by atoms with Crippen molar-refractivity contribution in [1.29, 1.82) is 0 Å². The van der Waals surface area contributed by atoms with Crippen LogP contribution in [0.1, 0.15) is 46.9 Å². The maximum absolute atomic E-state index is 15.4. The number of nitrogens with one attached hydrogen (secondary N) is 1. The van der Waals surface area contributed by atoms with E-state index in [4.69, 9.17) is 32.7 Å². The zero-order valence-electron chi connectivity index (χ0n) is 21.8. The molecule has 12 heteroatoms. The maximum Gasteiger partial charge on any atom is 0.319 e. The normalized spacial score (nSPS) is 17.4. The molecule has 2 aromatic heterocycles. The molecule has 2 aromatic carbocycles. The van der Waals surface area contributed by atoms with E-state index in [-0.39, 0.29) is 34.1 Å². The van der Waals surface area contributed by atoms with Gasteiger partial charge in [0.1, 0.15) is 11.5 Å². The molecule has 0 unspecified atom stereocenters. The van der Waals surface area contributed by atoms with Crippen molar-refractivity contribution in [3.8, 4) is 17.6 Å². The average Bonchev–Trinajstić information content (AvgIpc) is 3.53. The third-order valence-electron chi connectivity index (χ3n) is 7.17. The minimum Gasteiger partial charge on any atom is -0.479 e. The van der Waals surface area contributed by atoms with Gasteiger partial charge in [0, 0.05) is 38.8 Å². The lowest BCUT2D eigenvalue weighted by Gasteiger charge is -2.36. The monoisotopic (exact) mass is 581 g/mol. The van der Waals surface area contributed by atoms with E-state index in [1.165, 1.54) is 43.5 Å². The Kier molecular flexibility index (Phi) is 6.01. The number of amides is 2. The Morgan fingerprint density at radius 1 is 1.02 bits per heavy atom. The predicted molar refractivity (Wildman–Crippen MR) is 148 cm³/mol. The van der Waals surface area contributed by atoms with Gasteiger partial charge in [-0.1, -0.05) is 43.1 Å². The molecule has 0 bridgehead atoms. The minimum absolute atomic E-state index is 0.0996. The molecule has 0 fully saturated rings. The molecular formula is C28H22Cl2FN5O4. The number of ether oxygens (including phenoxy) is 2. The van der Waals surface area contributed by atoms with Crippen molar-refractivity contribution < 1.29 is 23.5 Å². The van der Waals surface area contributed by atoms with Gasteiger partial charge in [0.05, 0.1) is 31.7 Å². The number of carbonyl (C=O) groups is 2. The Morgan fingerprint density at radius 2 is 1.75 bits per heavy atom. The van der Waals surface area contributed by atoms with Crippen LogP contribution in [0.3, 0.4) is 0 Å². The molecule has 4 heterocycles. The Bertz CT molecular complexity index is 1740. The first-order valence-corrected chi connectivity index (χ1v) is 13.0. The highest BCUT2D eigenvalue weighted by Crippen LogP contribution is 2.56. The van der Waals surface area contributed by atoms with Crippen LogP contribution >= 0.6 is 23.2 Å². The number of rotatable bonds is 5. The van der Waals surface area contributed by atoms with E-state index in [1.807, 2.05) is 13.8 Å². The van der Waals surface area contributed by atoms with E-state index in [1.54, 1.807) is 29.0 Å². The summed E-state index contributed by atoms with van der Waals surface area (Å²) in [5.41, 5.74) is 0.631. The Labute approximate surface area is 238 Å². The zero-order valence-corrected chi connectivity index (χ0v) is 23.3. The number of carbonyl (C=O) groups excluding carboxylic acids is 2. The molecule has 0 saturated heterocycles. The fourth-order valence-corrected chi connectivity index (χ4v) is 6.00. The van der Waals surface area contributed by atoms with Crippen molar-refractivity contribution in [2.45, 2.75) is 25.3 Å². The summed E-state index contributed by atoms with van der Waals surface area (Å²) in [5, 5.41) is 3.47. The van der Waals surface area contributed by atoms with Crippen LogP contribution in [0.2, 0.25) is 10.0 Å². The van der Waals surface area contributed by atoms with Crippen molar-refractivity contribution in [2.24, 2.45) is 0 Å². The van der Waals surface area contributed by atoms with Gasteiger partial charge in [-0.05, 0) is 36.2 Å². The number of fused-ring (bicyclic) bond motifs is 4. The van der Waals surface area contributed by atoms with Crippen LogP contribution in [0.25, 0.3) is 5.69 Å². The van der Waals surface area contributed by atoms with Crippen LogP contribution in [-0.2, 0) is 10.3 Å². The number of anilines is 2. The molecule has 4 aromatic rings. The third kappa shape index (κ3) is 3.45. The molecule has 2 aliphatic heterocycles. The number of methoxy groups -OCH3 is 2. The molecule has 2 aliphatic rings. The second kappa shape index (κ2) is 9.21. The SMILES string of the molecule is COc1ncc(-n2cc3c(c2C(C)C)[C@@]2(C(=O)Nc4cc(Cl)ccc42)N(c2cc(Cl)ccc2F)C3=O)c(OC)n1. The highest BCUT2D eigenvalue weighted by Gasteiger charge is 2.63.